The summed E-state index contributed by atoms with van der Waals surface area (Å²) in [6.45, 7) is 1.21. The van der Waals surface area contributed by atoms with Gasteiger partial charge in [-0.2, -0.15) is 0 Å². The highest BCUT2D eigenvalue weighted by molar-refractivity contribution is 5.65. The van der Waals surface area contributed by atoms with Crippen LogP contribution in [0, 0.1) is 0 Å². The van der Waals surface area contributed by atoms with E-state index in [-0.39, 0.29) is 0 Å². The Morgan fingerprint density at radius 1 is 0.694 bits per heavy atom. The van der Waals surface area contributed by atoms with Gasteiger partial charge < -0.3 is 74.4 Å². The molecular weight excluding hydrogens is 496 g/mol. The molecule has 16 nitrogen and oxygen atoms in total. The third-order valence-corrected chi connectivity index (χ3v) is 6.33. The maximum absolute atomic E-state index is 11.1. The standard InChI is InChI=1S/C20H34O16/c1-5-9(23)11(25)13(27)19(32-5)36-17-15(29)16(7(3-21)33-18(17)30)35-20-14(28)12(26)10(24)8(34-20)4-31-6(2)22/h5,7-21,23-30H,3-4H2,1-2H3/t5-,7+,8+,9-,10+,11+,12-,13+,14+,15-,16+,17+,18?,19-,20-/m0/s1. The summed E-state index contributed by atoms with van der Waals surface area (Å²) in [4.78, 5) is 11.1. The van der Waals surface area contributed by atoms with Gasteiger partial charge >= 0.3 is 5.97 Å². The van der Waals surface area contributed by atoms with E-state index in [1.165, 1.54) is 6.92 Å². The van der Waals surface area contributed by atoms with Gasteiger partial charge in [-0.1, -0.05) is 0 Å². The zero-order chi connectivity index (χ0) is 26.9. The number of aliphatic hydroxyl groups is 9. The molecule has 0 amide bonds. The SMILES string of the molecule is CC(=O)OC[C@H]1O[C@@H](O[C@H]2[C@H](O)[C@@H](O[C@@H]3O[C@@H](C)[C@H](O)[C@@H](O)[C@H]3O)C(O)O[C@@H]2CO)[C@H](O)[C@@H](O)[C@@H]1O. The van der Waals surface area contributed by atoms with E-state index < -0.39 is 111 Å². The molecule has 210 valence electrons. The van der Waals surface area contributed by atoms with Crippen LogP contribution in [0.25, 0.3) is 0 Å². The molecule has 0 aromatic heterocycles. The van der Waals surface area contributed by atoms with E-state index in [1.807, 2.05) is 0 Å². The summed E-state index contributed by atoms with van der Waals surface area (Å²) in [5.74, 6) is -0.701. The minimum absolute atomic E-state index is 0.499. The summed E-state index contributed by atoms with van der Waals surface area (Å²) in [6, 6.07) is 0. The molecular formula is C20H34O16. The van der Waals surface area contributed by atoms with Crippen molar-refractivity contribution in [1.82, 2.24) is 0 Å². The molecule has 15 atom stereocenters. The quantitative estimate of drug-likeness (QED) is 0.139. The lowest BCUT2D eigenvalue weighted by atomic mass is 9.96. The average Bonchev–Trinajstić information content (AvgIpc) is 2.83. The minimum atomic E-state index is -1.88. The first-order valence-corrected chi connectivity index (χ1v) is 11.3. The van der Waals surface area contributed by atoms with Gasteiger partial charge in [-0.05, 0) is 6.92 Å². The molecule has 3 saturated heterocycles. The molecule has 3 rings (SSSR count). The van der Waals surface area contributed by atoms with Crippen molar-refractivity contribution in [3.05, 3.63) is 0 Å². The first kappa shape index (κ1) is 29.5. The van der Waals surface area contributed by atoms with Gasteiger partial charge in [-0.3, -0.25) is 4.79 Å². The zero-order valence-electron chi connectivity index (χ0n) is 19.5. The molecule has 3 aliphatic heterocycles. The summed E-state index contributed by atoms with van der Waals surface area (Å²) >= 11 is 0. The van der Waals surface area contributed by atoms with Crippen LogP contribution in [-0.4, -0.2) is 157 Å². The van der Waals surface area contributed by atoms with Gasteiger partial charge in [0.15, 0.2) is 18.9 Å². The highest BCUT2D eigenvalue weighted by Gasteiger charge is 2.53. The summed E-state index contributed by atoms with van der Waals surface area (Å²) in [5.41, 5.74) is 0. The molecule has 3 aliphatic rings. The second kappa shape index (κ2) is 12.2. The smallest absolute Gasteiger partial charge is 0.302 e. The number of hydrogen-bond donors (Lipinski definition) is 9. The lowest BCUT2D eigenvalue weighted by molar-refractivity contribution is -0.381. The van der Waals surface area contributed by atoms with Crippen LogP contribution in [0.15, 0.2) is 0 Å². The monoisotopic (exact) mass is 530 g/mol. The molecule has 3 heterocycles. The zero-order valence-corrected chi connectivity index (χ0v) is 19.5. The van der Waals surface area contributed by atoms with Gasteiger partial charge in [0.1, 0.15) is 73.8 Å². The third kappa shape index (κ3) is 6.13. The molecule has 1 unspecified atom stereocenters. The number of carbonyl (C=O) groups excluding carboxylic acids is 1. The van der Waals surface area contributed by atoms with E-state index in [4.69, 9.17) is 28.4 Å². The van der Waals surface area contributed by atoms with Crippen LogP contribution < -0.4 is 0 Å². The van der Waals surface area contributed by atoms with Crippen molar-refractivity contribution >= 4 is 5.97 Å². The molecule has 0 spiro atoms. The predicted molar refractivity (Wildman–Crippen MR) is 109 cm³/mol. The first-order valence-electron chi connectivity index (χ1n) is 11.3. The van der Waals surface area contributed by atoms with E-state index in [2.05, 4.69) is 0 Å². The van der Waals surface area contributed by atoms with Crippen molar-refractivity contribution < 1.29 is 79.2 Å². The Labute approximate surface area is 205 Å². The second-order valence-corrected chi connectivity index (χ2v) is 8.94. The van der Waals surface area contributed by atoms with Crippen molar-refractivity contribution in [3.63, 3.8) is 0 Å². The van der Waals surface area contributed by atoms with Gasteiger partial charge in [0.2, 0.25) is 0 Å². The van der Waals surface area contributed by atoms with Crippen LogP contribution in [0.4, 0.5) is 0 Å². The lowest BCUT2D eigenvalue weighted by Gasteiger charge is -2.47. The van der Waals surface area contributed by atoms with Gasteiger partial charge in [0.05, 0.1) is 12.7 Å². The van der Waals surface area contributed by atoms with Crippen LogP contribution in [0.3, 0.4) is 0 Å². The molecule has 0 bridgehead atoms. The summed E-state index contributed by atoms with van der Waals surface area (Å²) < 4.78 is 31.7. The Morgan fingerprint density at radius 2 is 1.25 bits per heavy atom. The predicted octanol–water partition coefficient (Wildman–Crippen LogP) is -5.97. The van der Waals surface area contributed by atoms with Crippen LogP contribution in [-0.2, 0) is 33.2 Å². The molecule has 0 radical (unpaired) electrons. The topological polar surface area (TPSA) is 255 Å². The molecule has 36 heavy (non-hydrogen) atoms. The Hall–Kier alpha value is -1.09. The number of rotatable bonds is 7. The minimum Gasteiger partial charge on any atom is -0.463 e. The maximum atomic E-state index is 11.1. The van der Waals surface area contributed by atoms with Gasteiger partial charge in [-0.15, -0.1) is 0 Å². The van der Waals surface area contributed by atoms with E-state index in [0.29, 0.717) is 0 Å². The summed E-state index contributed by atoms with van der Waals surface area (Å²) in [7, 11) is 0. The van der Waals surface area contributed by atoms with Gasteiger partial charge in [0, 0.05) is 6.92 Å². The van der Waals surface area contributed by atoms with Crippen molar-refractivity contribution in [1.29, 1.82) is 0 Å². The van der Waals surface area contributed by atoms with E-state index in [1.54, 1.807) is 0 Å². The molecule has 16 heteroatoms. The van der Waals surface area contributed by atoms with Crippen LogP contribution in [0.1, 0.15) is 13.8 Å². The first-order chi connectivity index (χ1) is 16.9. The Balaban J connectivity index is 1.75. The number of hydrogen-bond acceptors (Lipinski definition) is 16. The molecule has 0 aliphatic carbocycles. The van der Waals surface area contributed by atoms with Crippen LogP contribution in [0.2, 0.25) is 0 Å². The number of aliphatic hydroxyl groups excluding tert-OH is 9. The molecule has 9 N–H and O–H groups in total. The average molecular weight is 530 g/mol. The molecule has 0 saturated carbocycles. The fourth-order valence-electron chi connectivity index (χ4n) is 4.17. The second-order valence-electron chi connectivity index (χ2n) is 8.94. The summed E-state index contributed by atoms with van der Waals surface area (Å²) in [6.07, 6.45) is -24.2. The number of esters is 1. The van der Waals surface area contributed by atoms with Crippen molar-refractivity contribution in [3.8, 4) is 0 Å². The van der Waals surface area contributed by atoms with Gasteiger partial charge in [0.25, 0.3) is 0 Å². The fourth-order valence-corrected chi connectivity index (χ4v) is 4.17. The largest absolute Gasteiger partial charge is 0.463 e. The molecule has 0 aromatic rings. The van der Waals surface area contributed by atoms with Gasteiger partial charge in [-0.25, -0.2) is 0 Å². The lowest BCUT2D eigenvalue weighted by Crippen LogP contribution is -2.66. The fraction of sp³-hybridized carbons (Fsp3) is 0.950. The van der Waals surface area contributed by atoms with Crippen LogP contribution in [0.5, 0.6) is 0 Å². The Bertz CT molecular complexity index is 726. The number of carbonyl (C=O) groups is 1. The van der Waals surface area contributed by atoms with Crippen molar-refractivity contribution in [2.45, 2.75) is 106 Å². The molecule has 0 aromatic carbocycles. The maximum Gasteiger partial charge on any atom is 0.302 e. The summed E-state index contributed by atoms with van der Waals surface area (Å²) in [5, 5.41) is 91.6. The third-order valence-electron chi connectivity index (χ3n) is 6.33. The Morgan fingerprint density at radius 3 is 1.83 bits per heavy atom. The normalized spacial score (nSPS) is 50.0. The highest BCUT2D eigenvalue weighted by Crippen LogP contribution is 2.32. The van der Waals surface area contributed by atoms with Crippen molar-refractivity contribution in [2.75, 3.05) is 13.2 Å². The number of ether oxygens (including phenoxy) is 6. The van der Waals surface area contributed by atoms with E-state index in [0.717, 1.165) is 6.92 Å². The van der Waals surface area contributed by atoms with E-state index >= 15 is 0 Å². The molecule has 3 fully saturated rings. The van der Waals surface area contributed by atoms with E-state index in [9.17, 15) is 50.8 Å². The van der Waals surface area contributed by atoms with Crippen LogP contribution >= 0.6 is 0 Å². The van der Waals surface area contributed by atoms with Crippen molar-refractivity contribution in [2.24, 2.45) is 0 Å². The highest BCUT2D eigenvalue weighted by atomic mass is 16.8. The Kier molecular flexibility index (Phi) is 9.97.